The molecule has 96 valence electrons. The van der Waals surface area contributed by atoms with Crippen LogP contribution in [0.5, 0.6) is 0 Å². The standard InChI is InChI=1S/C12H12ClFN2OS/c1-16-8(6-17)5-15-12(16)18-7-9-10(13)3-2-4-11(9)14/h2-5,17H,6-7H2,1H3. The molecule has 0 atom stereocenters. The topological polar surface area (TPSA) is 38.0 Å². The number of halogens is 2. The van der Waals surface area contributed by atoms with Crippen LogP contribution >= 0.6 is 23.4 Å². The summed E-state index contributed by atoms with van der Waals surface area (Å²) >= 11 is 7.33. The Morgan fingerprint density at radius 2 is 2.28 bits per heavy atom. The van der Waals surface area contributed by atoms with E-state index in [0.29, 0.717) is 16.3 Å². The van der Waals surface area contributed by atoms with Crippen LogP contribution in [0.15, 0.2) is 29.6 Å². The van der Waals surface area contributed by atoms with Crippen LogP contribution in [0.3, 0.4) is 0 Å². The van der Waals surface area contributed by atoms with Gasteiger partial charge in [0.2, 0.25) is 0 Å². The maximum atomic E-state index is 13.6. The van der Waals surface area contributed by atoms with Gasteiger partial charge in [-0.25, -0.2) is 9.37 Å². The van der Waals surface area contributed by atoms with Crippen molar-refractivity contribution in [2.75, 3.05) is 0 Å². The highest BCUT2D eigenvalue weighted by atomic mass is 35.5. The summed E-state index contributed by atoms with van der Waals surface area (Å²) in [6.07, 6.45) is 1.60. The SMILES string of the molecule is Cn1c(CO)cnc1SCc1c(F)cccc1Cl. The average Bonchev–Trinajstić information content (AvgIpc) is 2.70. The van der Waals surface area contributed by atoms with Gasteiger partial charge in [0.1, 0.15) is 5.82 Å². The molecule has 0 radical (unpaired) electrons. The molecule has 3 nitrogen and oxygen atoms in total. The minimum absolute atomic E-state index is 0.0650. The van der Waals surface area contributed by atoms with Gasteiger partial charge in [-0.05, 0) is 12.1 Å². The van der Waals surface area contributed by atoms with Crippen molar-refractivity contribution in [1.82, 2.24) is 9.55 Å². The molecule has 0 fully saturated rings. The lowest BCUT2D eigenvalue weighted by atomic mass is 10.2. The molecule has 18 heavy (non-hydrogen) atoms. The molecule has 0 bridgehead atoms. The average molecular weight is 287 g/mol. The van der Waals surface area contributed by atoms with Crippen LogP contribution < -0.4 is 0 Å². The zero-order valence-electron chi connectivity index (χ0n) is 9.73. The van der Waals surface area contributed by atoms with Crippen molar-refractivity contribution in [1.29, 1.82) is 0 Å². The van der Waals surface area contributed by atoms with E-state index in [-0.39, 0.29) is 12.4 Å². The van der Waals surface area contributed by atoms with Crippen LogP contribution in [0.2, 0.25) is 5.02 Å². The minimum atomic E-state index is -0.313. The highest BCUT2D eigenvalue weighted by molar-refractivity contribution is 7.98. The molecule has 0 aliphatic rings. The molecule has 0 amide bonds. The van der Waals surface area contributed by atoms with E-state index in [1.807, 2.05) is 7.05 Å². The predicted octanol–water partition coefficient (Wildman–Crippen LogP) is 3.00. The molecule has 2 rings (SSSR count). The van der Waals surface area contributed by atoms with E-state index in [0.717, 1.165) is 10.9 Å². The third-order valence-electron chi connectivity index (χ3n) is 2.61. The van der Waals surface area contributed by atoms with Crippen LogP contribution in [-0.2, 0) is 19.4 Å². The summed E-state index contributed by atoms with van der Waals surface area (Å²) in [7, 11) is 1.81. The Bertz CT molecular complexity index is 539. The summed E-state index contributed by atoms with van der Waals surface area (Å²) in [5.74, 6) is 0.0907. The molecular weight excluding hydrogens is 275 g/mol. The van der Waals surface area contributed by atoms with Crippen LogP contribution in [0.1, 0.15) is 11.3 Å². The molecule has 6 heteroatoms. The van der Waals surface area contributed by atoms with Gasteiger partial charge < -0.3 is 9.67 Å². The fourth-order valence-electron chi connectivity index (χ4n) is 1.51. The Labute approximate surface area is 114 Å². The first-order valence-corrected chi connectivity index (χ1v) is 6.67. The Morgan fingerprint density at radius 3 is 2.89 bits per heavy atom. The second-order valence-corrected chi connectivity index (χ2v) is 5.09. The number of benzene rings is 1. The summed E-state index contributed by atoms with van der Waals surface area (Å²) in [4.78, 5) is 4.16. The van der Waals surface area contributed by atoms with Gasteiger partial charge in [-0.2, -0.15) is 0 Å². The third-order valence-corrected chi connectivity index (χ3v) is 4.04. The summed E-state index contributed by atoms with van der Waals surface area (Å²) in [5, 5.41) is 10.2. The lowest BCUT2D eigenvalue weighted by Crippen LogP contribution is -1.98. The second kappa shape index (κ2) is 5.73. The van der Waals surface area contributed by atoms with E-state index in [9.17, 15) is 4.39 Å². The first-order chi connectivity index (χ1) is 8.63. The summed E-state index contributed by atoms with van der Waals surface area (Å²) in [6, 6.07) is 4.63. The van der Waals surface area contributed by atoms with E-state index < -0.39 is 0 Å². The molecule has 1 N–H and O–H groups in total. The van der Waals surface area contributed by atoms with Crippen molar-refractivity contribution < 1.29 is 9.50 Å². The number of aromatic nitrogens is 2. The van der Waals surface area contributed by atoms with Crippen LogP contribution in [0.25, 0.3) is 0 Å². The van der Waals surface area contributed by atoms with E-state index in [1.54, 1.807) is 22.9 Å². The third kappa shape index (κ3) is 2.68. The molecule has 0 aliphatic heterocycles. The van der Waals surface area contributed by atoms with Crippen molar-refractivity contribution >= 4 is 23.4 Å². The zero-order chi connectivity index (χ0) is 13.1. The highest BCUT2D eigenvalue weighted by Crippen LogP contribution is 2.27. The van der Waals surface area contributed by atoms with E-state index in [4.69, 9.17) is 16.7 Å². The number of aliphatic hydroxyl groups excluding tert-OH is 1. The molecule has 1 heterocycles. The van der Waals surface area contributed by atoms with Gasteiger partial charge in [0.05, 0.1) is 18.5 Å². The Balaban J connectivity index is 2.14. The number of hydrogen-bond donors (Lipinski definition) is 1. The van der Waals surface area contributed by atoms with Crippen LogP contribution in [0.4, 0.5) is 4.39 Å². The fraction of sp³-hybridized carbons (Fsp3) is 0.250. The summed E-state index contributed by atoms with van der Waals surface area (Å²) in [5.41, 5.74) is 1.19. The van der Waals surface area contributed by atoms with Gasteiger partial charge in [0.15, 0.2) is 5.16 Å². The van der Waals surface area contributed by atoms with Crippen molar-refractivity contribution in [3.8, 4) is 0 Å². The molecule has 0 spiro atoms. The minimum Gasteiger partial charge on any atom is -0.390 e. The van der Waals surface area contributed by atoms with E-state index in [1.165, 1.54) is 17.8 Å². The molecule has 1 aromatic carbocycles. The molecule has 0 saturated carbocycles. The number of nitrogens with zero attached hydrogens (tertiary/aromatic N) is 2. The quantitative estimate of drug-likeness (QED) is 0.878. The van der Waals surface area contributed by atoms with E-state index >= 15 is 0 Å². The van der Waals surface area contributed by atoms with Gasteiger partial charge in [0, 0.05) is 23.4 Å². The number of thioether (sulfide) groups is 1. The van der Waals surface area contributed by atoms with Crippen molar-refractivity contribution in [2.45, 2.75) is 17.5 Å². The lowest BCUT2D eigenvalue weighted by molar-refractivity contribution is 0.271. The van der Waals surface area contributed by atoms with Gasteiger partial charge in [-0.1, -0.05) is 29.4 Å². The Kier molecular flexibility index (Phi) is 4.27. The normalized spacial score (nSPS) is 10.9. The molecule has 0 saturated heterocycles. The molecule has 0 unspecified atom stereocenters. The maximum absolute atomic E-state index is 13.6. The second-order valence-electron chi connectivity index (χ2n) is 3.74. The Hall–Kier alpha value is -1.04. The van der Waals surface area contributed by atoms with Crippen LogP contribution in [-0.4, -0.2) is 14.7 Å². The summed E-state index contributed by atoms with van der Waals surface area (Å²) in [6.45, 7) is -0.0650. The lowest BCUT2D eigenvalue weighted by Gasteiger charge is -2.06. The molecular formula is C12H12ClFN2OS. The van der Waals surface area contributed by atoms with Gasteiger partial charge in [-0.3, -0.25) is 0 Å². The fourth-order valence-corrected chi connectivity index (χ4v) is 2.83. The largest absolute Gasteiger partial charge is 0.390 e. The highest BCUT2D eigenvalue weighted by Gasteiger charge is 2.10. The van der Waals surface area contributed by atoms with Crippen molar-refractivity contribution in [3.05, 3.63) is 46.5 Å². The number of imidazole rings is 1. The zero-order valence-corrected chi connectivity index (χ0v) is 11.3. The molecule has 0 aliphatic carbocycles. The molecule has 2 aromatic rings. The van der Waals surface area contributed by atoms with Gasteiger partial charge in [0.25, 0.3) is 0 Å². The van der Waals surface area contributed by atoms with Crippen molar-refractivity contribution in [3.63, 3.8) is 0 Å². The molecule has 1 aromatic heterocycles. The van der Waals surface area contributed by atoms with Gasteiger partial charge >= 0.3 is 0 Å². The smallest absolute Gasteiger partial charge is 0.168 e. The first kappa shape index (κ1) is 13.4. The number of rotatable bonds is 4. The van der Waals surface area contributed by atoms with Gasteiger partial charge in [-0.15, -0.1) is 0 Å². The predicted molar refractivity (Wildman–Crippen MR) is 70.1 cm³/mol. The maximum Gasteiger partial charge on any atom is 0.168 e. The summed E-state index contributed by atoms with van der Waals surface area (Å²) < 4.78 is 15.3. The first-order valence-electron chi connectivity index (χ1n) is 5.30. The van der Waals surface area contributed by atoms with E-state index in [2.05, 4.69) is 4.98 Å². The van der Waals surface area contributed by atoms with Crippen molar-refractivity contribution in [2.24, 2.45) is 7.05 Å². The number of aliphatic hydroxyl groups is 1. The van der Waals surface area contributed by atoms with Crippen LogP contribution in [0, 0.1) is 5.82 Å². The number of hydrogen-bond acceptors (Lipinski definition) is 3. The Morgan fingerprint density at radius 1 is 1.50 bits per heavy atom. The monoisotopic (exact) mass is 286 g/mol.